The zero-order valence-electron chi connectivity index (χ0n) is 10.8. The summed E-state index contributed by atoms with van der Waals surface area (Å²) in [6.07, 6.45) is 3.00. The minimum Gasteiger partial charge on any atom is -0.333 e. The molecular formula is C16H20NS+. The number of rotatable bonds is 6. The molecule has 0 spiro atoms. The summed E-state index contributed by atoms with van der Waals surface area (Å²) >= 11 is 1.83. The molecule has 2 heteroatoms. The Bertz CT molecular complexity index is 475. The Morgan fingerprint density at radius 2 is 2.00 bits per heavy atom. The summed E-state index contributed by atoms with van der Waals surface area (Å²) in [5.74, 6) is 0. The normalized spacial score (nSPS) is 14.1. The lowest BCUT2D eigenvalue weighted by molar-refractivity contribution is -0.746. The number of hydrogen-bond acceptors (Lipinski definition) is 1. The molecule has 0 unspecified atom stereocenters. The third-order valence-electron chi connectivity index (χ3n) is 3.28. The van der Waals surface area contributed by atoms with Crippen LogP contribution in [0.2, 0.25) is 0 Å². The van der Waals surface area contributed by atoms with Crippen LogP contribution in [0.15, 0.2) is 60.5 Å². The van der Waals surface area contributed by atoms with Crippen LogP contribution in [-0.2, 0) is 12.1 Å². The van der Waals surface area contributed by atoms with Crippen molar-refractivity contribution in [2.75, 3.05) is 0 Å². The van der Waals surface area contributed by atoms with E-state index < -0.39 is 0 Å². The molecule has 0 amide bonds. The number of thiophene rings is 1. The van der Waals surface area contributed by atoms with E-state index in [0.29, 0.717) is 0 Å². The number of hydrogen-bond donors (Lipinski definition) is 1. The lowest BCUT2D eigenvalue weighted by atomic mass is 9.95. The topological polar surface area (TPSA) is 16.6 Å². The van der Waals surface area contributed by atoms with Gasteiger partial charge in [0.05, 0.1) is 4.88 Å². The van der Waals surface area contributed by atoms with Gasteiger partial charge in [-0.25, -0.2) is 0 Å². The molecule has 0 saturated heterocycles. The average molecular weight is 258 g/mol. The molecule has 94 valence electrons. The molecule has 1 aromatic heterocycles. The van der Waals surface area contributed by atoms with Crippen molar-refractivity contribution in [3.05, 3.63) is 70.9 Å². The zero-order valence-corrected chi connectivity index (χ0v) is 11.6. The minimum atomic E-state index is 0.103. The van der Waals surface area contributed by atoms with Gasteiger partial charge in [0.25, 0.3) is 0 Å². The molecule has 0 fully saturated rings. The van der Waals surface area contributed by atoms with E-state index in [1.165, 1.54) is 10.4 Å². The van der Waals surface area contributed by atoms with Gasteiger partial charge in [-0.2, -0.15) is 0 Å². The van der Waals surface area contributed by atoms with Gasteiger partial charge in [-0.05, 0) is 18.4 Å². The quantitative estimate of drug-likeness (QED) is 0.766. The molecule has 1 nitrogen and oxygen atoms in total. The van der Waals surface area contributed by atoms with Crippen LogP contribution >= 0.6 is 11.3 Å². The Labute approximate surface area is 113 Å². The summed E-state index contributed by atoms with van der Waals surface area (Å²) in [7, 11) is 0. The third kappa shape index (κ3) is 3.09. The minimum absolute atomic E-state index is 0.103. The summed E-state index contributed by atoms with van der Waals surface area (Å²) in [4.78, 5) is 1.42. The van der Waals surface area contributed by atoms with Gasteiger partial charge < -0.3 is 5.32 Å². The largest absolute Gasteiger partial charge is 0.333 e. The van der Waals surface area contributed by atoms with E-state index in [1.54, 1.807) is 0 Å². The standard InChI is InChI=1S/C16H19NS/c1-3-11-16(2,15-10-7-12-18-15)17-13-14-8-5-4-6-9-14/h3-10,12,17H,1,11,13H2,2H3/p+1/t16-/m0/s1. The second-order valence-corrected chi connectivity index (χ2v) is 5.73. The van der Waals surface area contributed by atoms with E-state index >= 15 is 0 Å². The van der Waals surface area contributed by atoms with Crippen LogP contribution in [0, 0.1) is 0 Å². The summed E-state index contributed by atoms with van der Waals surface area (Å²) in [6, 6.07) is 15.0. The Kier molecular flexibility index (Phi) is 4.34. The van der Waals surface area contributed by atoms with Crippen LogP contribution in [0.4, 0.5) is 0 Å². The van der Waals surface area contributed by atoms with Crippen molar-refractivity contribution < 1.29 is 5.32 Å². The van der Waals surface area contributed by atoms with Gasteiger partial charge in [0.2, 0.25) is 0 Å². The van der Waals surface area contributed by atoms with E-state index in [1.807, 2.05) is 17.4 Å². The van der Waals surface area contributed by atoms with Crippen LogP contribution in [-0.4, -0.2) is 0 Å². The SMILES string of the molecule is C=CC[C@](C)([NH2+]Cc1ccccc1)c1cccs1. The molecule has 1 heterocycles. The molecule has 0 aliphatic carbocycles. The molecule has 0 saturated carbocycles. The van der Waals surface area contributed by atoms with E-state index in [4.69, 9.17) is 0 Å². The molecule has 1 atom stereocenters. The van der Waals surface area contributed by atoms with Gasteiger partial charge in [0.15, 0.2) is 0 Å². The Morgan fingerprint density at radius 3 is 2.61 bits per heavy atom. The maximum Gasteiger partial charge on any atom is 0.132 e. The van der Waals surface area contributed by atoms with Crippen molar-refractivity contribution in [1.82, 2.24) is 0 Å². The molecule has 2 aromatic rings. The monoisotopic (exact) mass is 258 g/mol. The summed E-state index contributed by atoms with van der Waals surface area (Å²) in [6.45, 7) is 7.19. The molecule has 18 heavy (non-hydrogen) atoms. The smallest absolute Gasteiger partial charge is 0.132 e. The first-order chi connectivity index (χ1) is 8.74. The first-order valence-electron chi connectivity index (χ1n) is 6.28. The van der Waals surface area contributed by atoms with E-state index in [-0.39, 0.29) is 5.54 Å². The van der Waals surface area contributed by atoms with Crippen molar-refractivity contribution >= 4 is 11.3 Å². The highest BCUT2D eigenvalue weighted by molar-refractivity contribution is 7.10. The van der Waals surface area contributed by atoms with Crippen LogP contribution in [0.25, 0.3) is 0 Å². The van der Waals surface area contributed by atoms with E-state index in [9.17, 15) is 0 Å². The summed E-state index contributed by atoms with van der Waals surface area (Å²) < 4.78 is 0. The Hall–Kier alpha value is -1.38. The highest BCUT2D eigenvalue weighted by Gasteiger charge is 2.29. The fourth-order valence-corrected chi connectivity index (χ4v) is 3.04. The molecular weight excluding hydrogens is 238 g/mol. The van der Waals surface area contributed by atoms with Gasteiger partial charge in [-0.1, -0.05) is 42.5 Å². The molecule has 0 bridgehead atoms. The van der Waals surface area contributed by atoms with Gasteiger partial charge in [0, 0.05) is 12.0 Å². The van der Waals surface area contributed by atoms with Crippen molar-refractivity contribution in [3.63, 3.8) is 0 Å². The van der Waals surface area contributed by atoms with Crippen molar-refractivity contribution in [1.29, 1.82) is 0 Å². The van der Waals surface area contributed by atoms with Crippen LogP contribution in [0.5, 0.6) is 0 Å². The second kappa shape index (κ2) is 5.98. The lowest BCUT2D eigenvalue weighted by Gasteiger charge is -2.25. The van der Waals surface area contributed by atoms with Gasteiger partial charge in [0.1, 0.15) is 12.1 Å². The fourth-order valence-electron chi connectivity index (χ4n) is 2.15. The Balaban J connectivity index is 2.09. The second-order valence-electron chi connectivity index (χ2n) is 4.78. The Morgan fingerprint density at radius 1 is 1.22 bits per heavy atom. The summed E-state index contributed by atoms with van der Waals surface area (Å²) in [5, 5.41) is 4.56. The lowest BCUT2D eigenvalue weighted by Crippen LogP contribution is -2.92. The maximum absolute atomic E-state index is 3.90. The van der Waals surface area contributed by atoms with Crippen LogP contribution in [0.1, 0.15) is 23.8 Å². The molecule has 2 N–H and O–H groups in total. The van der Waals surface area contributed by atoms with Gasteiger partial charge in [-0.15, -0.1) is 17.9 Å². The zero-order chi connectivity index (χ0) is 12.8. The highest BCUT2D eigenvalue weighted by atomic mass is 32.1. The predicted octanol–water partition coefficient (Wildman–Crippen LogP) is 3.30. The highest BCUT2D eigenvalue weighted by Crippen LogP contribution is 2.25. The average Bonchev–Trinajstić information content (AvgIpc) is 2.93. The molecule has 0 radical (unpaired) electrons. The number of quaternary nitrogens is 1. The van der Waals surface area contributed by atoms with Crippen molar-refractivity contribution in [2.45, 2.75) is 25.4 Å². The first kappa shape index (κ1) is 13.1. The van der Waals surface area contributed by atoms with Gasteiger partial charge >= 0.3 is 0 Å². The van der Waals surface area contributed by atoms with Crippen LogP contribution < -0.4 is 5.32 Å². The maximum atomic E-state index is 3.90. The number of benzene rings is 1. The summed E-state index contributed by atoms with van der Waals surface area (Å²) in [5.41, 5.74) is 1.47. The molecule has 2 rings (SSSR count). The predicted molar refractivity (Wildman–Crippen MR) is 78.6 cm³/mol. The van der Waals surface area contributed by atoms with E-state index in [2.05, 4.69) is 66.7 Å². The van der Waals surface area contributed by atoms with Crippen molar-refractivity contribution in [2.24, 2.45) is 0 Å². The molecule has 0 aliphatic rings. The third-order valence-corrected chi connectivity index (χ3v) is 4.43. The van der Waals surface area contributed by atoms with E-state index in [0.717, 1.165) is 13.0 Å². The molecule has 1 aromatic carbocycles. The first-order valence-corrected chi connectivity index (χ1v) is 7.16. The van der Waals surface area contributed by atoms with Crippen molar-refractivity contribution in [3.8, 4) is 0 Å². The fraction of sp³-hybridized carbons (Fsp3) is 0.250. The molecule has 0 aliphatic heterocycles. The van der Waals surface area contributed by atoms with Gasteiger partial charge in [-0.3, -0.25) is 0 Å². The number of nitrogens with two attached hydrogens (primary N) is 1. The van der Waals surface area contributed by atoms with Crippen LogP contribution in [0.3, 0.4) is 0 Å².